The maximum absolute atomic E-state index is 5.81. The zero-order valence-corrected chi connectivity index (χ0v) is 15.0. The Morgan fingerprint density at radius 1 is 0.960 bits per heavy atom. The van der Waals surface area contributed by atoms with Crippen molar-refractivity contribution in [1.82, 2.24) is 15.1 Å². The topological polar surface area (TPSA) is 47.5 Å². The molecule has 132 valence electrons. The third kappa shape index (κ3) is 3.80. The normalized spacial score (nSPS) is 17.5. The number of hydrogen-bond donors (Lipinski definition) is 1. The Morgan fingerprint density at radius 2 is 1.80 bits per heavy atom. The first-order valence-corrected chi connectivity index (χ1v) is 9.22. The molecule has 1 fully saturated rings. The van der Waals surface area contributed by atoms with Crippen molar-refractivity contribution in [1.29, 1.82) is 0 Å². The molecule has 2 aliphatic rings. The molecule has 7 heteroatoms. The van der Waals surface area contributed by atoms with E-state index >= 15 is 0 Å². The lowest BCUT2D eigenvalue weighted by molar-refractivity contribution is 0.255. The van der Waals surface area contributed by atoms with Crippen LogP contribution in [-0.4, -0.2) is 61.0 Å². The van der Waals surface area contributed by atoms with Crippen LogP contribution in [0.1, 0.15) is 6.42 Å². The number of nitrogens with one attached hydrogen (secondary N) is 1. The Hall–Kier alpha value is -2.05. The monoisotopic (exact) mass is 358 g/mol. The number of para-hydroxylation sites is 2. The maximum atomic E-state index is 5.81. The predicted octanol–water partition coefficient (Wildman–Crippen LogP) is 2.53. The Balaban J connectivity index is 1.21. The molecule has 1 saturated heterocycles. The van der Waals surface area contributed by atoms with Crippen molar-refractivity contribution < 1.29 is 0 Å². The summed E-state index contributed by atoms with van der Waals surface area (Å²) in [5, 5.41) is 12.0. The summed E-state index contributed by atoms with van der Waals surface area (Å²) in [6.07, 6.45) is 1.18. The van der Waals surface area contributed by atoms with E-state index in [0.29, 0.717) is 5.15 Å². The first kappa shape index (κ1) is 16.4. The highest BCUT2D eigenvalue weighted by atomic mass is 35.5. The van der Waals surface area contributed by atoms with Gasteiger partial charge in [-0.2, -0.15) is 0 Å². The molecule has 0 saturated carbocycles. The predicted molar refractivity (Wildman–Crippen MR) is 103 cm³/mol. The number of benzene rings is 1. The second-order valence-electron chi connectivity index (χ2n) is 6.51. The number of piperazine rings is 1. The van der Waals surface area contributed by atoms with E-state index in [1.165, 1.54) is 17.8 Å². The van der Waals surface area contributed by atoms with E-state index in [1.54, 1.807) is 6.07 Å². The van der Waals surface area contributed by atoms with Gasteiger partial charge in [0, 0.05) is 32.7 Å². The van der Waals surface area contributed by atoms with E-state index < -0.39 is 0 Å². The Morgan fingerprint density at radius 3 is 2.60 bits per heavy atom. The summed E-state index contributed by atoms with van der Waals surface area (Å²) in [6.45, 7) is 7.27. The van der Waals surface area contributed by atoms with Crippen molar-refractivity contribution >= 4 is 28.8 Å². The van der Waals surface area contributed by atoms with Gasteiger partial charge in [0.05, 0.1) is 18.0 Å². The fourth-order valence-electron chi connectivity index (χ4n) is 3.53. The van der Waals surface area contributed by atoms with Crippen LogP contribution < -0.4 is 15.1 Å². The van der Waals surface area contributed by atoms with Gasteiger partial charge in [0.2, 0.25) is 0 Å². The van der Waals surface area contributed by atoms with E-state index in [9.17, 15) is 0 Å². The van der Waals surface area contributed by atoms with Gasteiger partial charge in [-0.25, -0.2) is 0 Å². The smallest absolute Gasteiger partial charge is 0.151 e. The molecule has 1 aromatic carbocycles. The molecule has 1 N–H and O–H groups in total. The first-order valence-electron chi connectivity index (χ1n) is 8.84. The lowest BCUT2D eigenvalue weighted by Gasteiger charge is -2.35. The summed E-state index contributed by atoms with van der Waals surface area (Å²) in [4.78, 5) is 7.24. The number of nitrogens with zero attached hydrogens (tertiary/aromatic N) is 5. The fraction of sp³-hybridized carbons (Fsp3) is 0.444. The molecule has 0 unspecified atom stereocenters. The summed E-state index contributed by atoms with van der Waals surface area (Å²) >= 11 is 5.81. The molecule has 0 spiro atoms. The van der Waals surface area contributed by atoms with Crippen LogP contribution in [0.15, 0.2) is 36.4 Å². The minimum absolute atomic E-state index is 0.445. The number of aromatic nitrogens is 2. The van der Waals surface area contributed by atoms with Gasteiger partial charge in [-0.15, -0.1) is 10.2 Å². The molecule has 3 heterocycles. The molecule has 2 aliphatic heterocycles. The van der Waals surface area contributed by atoms with Gasteiger partial charge in [0.25, 0.3) is 0 Å². The summed E-state index contributed by atoms with van der Waals surface area (Å²) < 4.78 is 0. The number of hydrogen-bond acceptors (Lipinski definition) is 6. The van der Waals surface area contributed by atoms with Crippen LogP contribution in [0.5, 0.6) is 0 Å². The van der Waals surface area contributed by atoms with E-state index in [4.69, 9.17) is 11.6 Å². The molecular weight excluding hydrogens is 336 g/mol. The second kappa shape index (κ2) is 7.45. The van der Waals surface area contributed by atoms with Gasteiger partial charge in [-0.05, 0) is 37.2 Å². The van der Waals surface area contributed by atoms with E-state index in [-0.39, 0.29) is 0 Å². The molecule has 0 bridgehead atoms. The van der Waals surface area contributed by atoms with Crippen molar-refractivity contribution in [3.05, 3.63) is 41.6 Å². The van der Waals surface area contributed by atoms with Crippen LogP contribution in [-0.2, 0) is 0 Å². The van der Waals surface area contributed by atoms with Crippen molar-refractivity contribution in [2.24, 2.45) is 0 Å². The second-order valence-corrected chi connectivity index (χ2v) is 6.90. The summed E-state index contributed by atoms with van der Waals surface area (Å²) in [5.41, 5.74) is 2.58. The summed E-state index contributed by atoms with van der Waals surface area (Å²) in [6, 6.07) is 12.3. The van der Waals surface area contributed by atoms with Crippen molar-refractivity contribution in [3.8, 4) is 0 Å². The molecule has 0 atom stereocenters. The average molecular weight is 359 g/mol. The Kier molecular flexibility index (Phi) is 4.90. The van der Waals surface area contributed by atoms with E-state index in [1.807, 2.05) is 6.07 Å². The van der Waals surface area contributed by atoms with Gasteiger partial charge < -0.3 is 15.1 Å². The van der Waals surface area contributed by atoms with Gasteiger partial charge >= 0.3 is 0 Å². The molecule has 25 heavy (non-hydrogen) atoms. The van der Waals surface area contributed by atoms with Crippen molar-refractivity contribution in [3.63, 3.8) is 0 Å². The van der Waals surface area contributed by atoms with Crippen LogP contribution in [0.4, 0.5) is 17.2 Å². The zero-order valence-electron chi connectivity index (χ0n) is 14.2. The highest BCUT2D eigenvalue weighted by Crippen LogP contribution is 2.30. The number of anilines is 3. The van der Waals surface area contributed by atoms with Crippen molar-refractivity contribution in [2.45, 2.75) is 6.42 Å². The Bertz CT molecular complexity index is 699. The standard InChI is InChI=1S/C18H23ClN6/c19-17-6-7-18(22-21-17)24-12-10-23(11-13-24)8-3-9-25-14-20-15-4-1-2-5-16(15)25/h1-2,4-7,20H,3,8-14H2. The Labute approximate surface area is 153 Å². The molecular formula is C18H23ClN6. The molecule has 0 amide bonds. The van der Waals surface area contributed by atoms with Crippen LogP contribution in [0, 0.1) is 0 Å². The van der Waals surface area contributed by atoms with E-state index in [0.717, 1.165) is 51.8 Å². The fourth-order valence-corrected chi connectivity index (χ4v) is 3.63. The molecule has 0 aliphatic carbocycles. The number of rotatable bonds is 5. The lowest BCUT2D eigenvalue weighted by atomic mass is 10.2. The minimum Gasteiger partial charge on any atom is -0.366 e. The van der Waals surface area contributed by atoms with Gasteiger partial charge in [-0.1, -0.05) is 23.7 Å². The molecule has 4 rings (SSSR count). The first-order chi connectivity index (χ1) is 12.3. The highest BCUT2D eigenvalue weighted by Gasteiger charge is 2.20. The maximum Gasteiger partial charge on any atom is 0.151 e. The zero-order chi connectivity index (χ0) is 17.1. The molecule has 6 nitrogen and oxygen atoms in total. The summed E-state index contributed by atoms with van der Waals surface area (Å²) in [5.74, 6) is 0.920. The number of halogens is 1. The van der Waals surface area contributed by atoms with Gasteiger partial charge in [-0.3, -0.25) is 4.90 Å². The lowest BCUT2D eigenvalue weighted by Crippen LogP contribution is -2.47. The van der Waals surface area contributed by atoms with Gasteiger partial charge in [0.1, 0.15) is 0 Å². The minimum atomic E-state index is 0.445. The third-order valence-corrected chi connectivity index (χ3v) is 5.12. The van der Waals surface area contributed by atoms with Crippen LogP contribution in [0.2, 0.25) is 5.15 Å². The third-order valence-electron chi connectivity index (χ3n) is 4.92. The number of fused-ring (bicyclic) bond motifs is 1. The van der Waals surface area contributed by atoms with Crippen LogP contribution >= 0.6 is 11.6 Å². The van der Waals surface area contributed by atoms with Crippen molar-refractivity contribution in [2.75, 3.05) is 61.1 Å². The van der Waals surface area contributed by atoms with E-state index in [2.05, 4.69) is 54.5 Å². The molecule has 0 radical (unpaired) electrons. The largest absolute Gasteiger partial charge is 0.366 e. The molecule has 2 aromatic rings. The average Bonchev–Trinajstić information content (AvgIpc) is 3.06. The van der Waals surface area contributed by atoms with Crippen LogP contribution in [0.3, 0.4) is 0 Å². The highest BCUT2D eigenvalue weighted by molar-refractivity contribution is 6.29. The quantitative estimate of drug-likeness (QED) is 0.886. The SMILES string of the molecule is Clc1ccc(N2CCN(CCCN3CNc4ccccc43)CC2)nn1. The summed E-state index contributed by atoms with van der Waals surface area (Å²) in [7, 11) is 0. The van der Waals surface area contributed by atoms with Crippen LogP contribution in [0.25, 0.3) is 0 Å². The van der Waals surface area contributed by atoms with Gasteiger partial charge in [0.15, 0.2) is 11.0 Å². The molecule has 1 aromatic heterocycles.